The van der Waals surface area contributed by atoms with Crippen LogP contribution in [0.4, 0.5) is 0 Å². The van der Waals surface area contributed by atoms with Gasteiger partial charge in [0.05, 0.1) is 0 Å². The fraction of sp³-hybridized carbons (Fsp3) is 1.00. The van der Waals surface area contributed by atoms with E-state index in [4.69, 9.17) is 5.73 Å². The van der Waals surface area contributed by atoms with Crippen molar-refractivity contribution in [2.45, 2.75) is 39.5 Å². The van der Waals surface area contributed by atoms with Gasteiger partial charge in [0.2, 0.25) is 0 Å². The molecule has 1 atom stereocenters. The second-order valence-corrected chi connectivity index (χ2v) is 5.03. The molecule has 0 heterocycles. The van der Waals surface area contributed by atoms with Gasteiger partial charge >= 0.3 is 0 Å². The van der Waals surface area contributed by atoms with Crippen LogP contribution in [-0.4, -0.2) is 19.6 Å². The molecule has 0 spiro atoms. The average Bonchev–Trinajstić information content (AvgIpc) is 2.07. The Labute approximate surface area is 88.6 Å². The van der Waals surface area contributed by atoms with Gasteiger partial charge in [-0.15, -0.1) is 0 Å². The molecule has 1 saturated carbocycles. The maximum absolute atomic E-state index is 5.71. The largest absolute Gasteiger partial charge is 0.330 e. The lowest BCUT2D eigenvalue weighted by molar-refractivity contribution is 0.285. The van der Waals surface area contributed by atoms with Gasteiger partial charge in [-0.3, -0.25) is 0 Å². The molecular formula is C12H26N2. The van der Waals surface area contributed by atoms with Gasteiger partial charge in [-0.1, -0.05) is 33.1 Å². The summed E-state index contributed by atoms with van der Waals surface area (Å²) in [5.41, 5.74) is 5.71. The Morgan fingerprint density at radius 1 is 1.36 bits per heavy atom. The standard InChI is InChI=1S/C12H26N2/c1-10(2)12(8-13)9-14-7-6-11-4-3-5-11/h10-12,14H,3-9,13H2,1-2H3. The van der Waals surface area contributed by atoms with E-state index in [-0.39, 0.29) is 0 Å². The van der Waals surface area contributed by atoms with Crippen molar-refractivity contribution in [1.82, 2.24) is 5.32 Å². The van der Waals surface area contributed by atoms with Gasteiger partial charge < -0.3 is 11.1 Å². The van der Waals surface area contributed by atoms with E-state index in [2.05, 4.69) is 19.2 Å². The van der Waals surface area contributed by atoms with E-state index in [0.717, 1.165) is 19.0 Å². The van der Waals surface area contributed by atoms with Crippen molar-refractivity contribution in [3.05, 3.63) is 0 Å². The van der Waals surface area contributed by atoms with Gasteiger partial charge in [0.15, 0.2) is 0 Å². The average molecular weight is 198 g/mol. The van der Waals surface area contributed by atoms with Crippen LogP contribution in [-0.2, 0) is 0 Å². The monoisotopic (exact) mass is 198 g/mol. The first-order chi connectivity index (χ1) is 6.74. The lowest BCUT2D eigenvalue weighted by Crippen LogP contribution is -2.33. The Balaban J connectivity index is 1.95. The SMILES string of the molecule is CC(C)C(CN)CNCCC1CCC1. The quantitative estimate of drug-likeness (QED) is 0.614. The first kappa shape index (κ1) is 12.0. The number of hydrogen-bond donors (Lipinski definition) is 2. The third-order valence-electron chi connectivity index (χ3n) is 3.61. The van der Waals surface area contributed by atoms with Crippen molar-refractivity contribution in [3.63, 3.8) is 0 Å². The Kier molecular flexibility index (Phi) is 5.49. The van der Waals surface area contributed by atoms with Gasteiger partial charge in [0.25, 0.3) is 0 Å². The van der Waals surface area contributed by atoms with Gasteiger partial charge in [0.1, 0.15) is 0 Å². The van der Waals surface area contributed by atoms with Crippen LogP contribution < -0.4 is 11.1 Å². The van der Waals surface area contributed by atoms with Crippen LogP contribution >= 0.6 is 0 Å². The van der Waals surface area contributed by atoms with Crippen LogP contribution in [0.15, 0.2) is 0 Å². The number of nitrogens with two attached hydrogens (primary N) is 1. The molecule has 0 aromatic carbocycles. The molecule has 3 N–H and O–H groups in total. The van der Waals surface area contributed by atoms with Crippen LogP contribution in [0.25, 0.3) is 0 Å². The predicted molar refractivity (Wildman–Crippen MR) is 62.2 cm³/mol. The lowest BCUT2D eigenvalue weighted by Gasteiger charge is -2.26. The summed E-state index contributed by atoms with van der Waals surface area (Å²) in [6, 6.07) is 0. The molecule has 2 heteroatoms. The Hall–Kier alpha value is -0.0800. The van der Waals surface area contributed by atoms with Crippen LogP contribution in [0.5, 0.6) is 0 Å². The van der Waals surface area contributed by atoms with E-state index in [1.165, 1.54) is 32.2 Å². The fourth-order valence-corrected chi connectivity index (χ4v) is 1.97. The van der Waals surface area contributed by atoms with E-state index in [1.807, 2.05) is 0 Å². The summed E-state index contributed by atoms with van der Waals surface area (Å²) in [5, 5.41) is 3.54. The number of nitrogens with one attached hydrogen (secondary N) is 1. The predicted octanol–water partition coefficient (Wildman–Crippen LogP) is 2.00. The van der Waals surface area contributed by atoms with Crippen LogP contribution in [0.3, 0.4) is 0 Å². The molecule has 1 unspecified atom stereocenters. The summed E-state index contributed by atoms with van der Waals surface area (Å²) >= 11 is 0. The maximum Gasteiger partial charge on any atom is -0.000600 e. The Morgan fingerprint density at radius 3 is 2.50 bits per heavy atom. The minimum absolute atomic E-state index is 0.649. The zero-order valence-electron chi connectivity index (χ0n) is 9.76. The number of hydrogen-bond acceptors (Lipinski definition) is 2. The van der Waals surface area contributed by atoms with Crippen molar-refractivity contribution in [3.8, 4) is 0 Å². The highest BCUT2D eigenvalue weighted by atomic mass is 14.9. The molecule has 1 aliphatic rings. The minimum atomic E-state index is 0.649. The first-order valence-corrected chi connectivity index (χ1v) is 6.14. The second-order valence-electron chi connectivity index (χ2n) is 5.03. The summed E-state index contributed by atoms with van der Waals surface area (Å²) in [5.74, 6) is 2.38. The maximum atomic E-state index is 5.71. The first-order valence-electron chi connectivity index (χ1n) is 6.14. The molecule has 1 aliphatic carbocycles. The molecule has 0 radical (unpaired) electrons. The molecule has 0 aliphatic heterocycles. The van der Waals surface area contributed by atoms with E-state index in [9.17, 15) is 0 Å². The Bertz CT molecular complexity index is 141. The summed E-state index contributed by atoms with van der Waals surface area (Å²) in [6.07, 6.45) is 5.76. The molecular weight excluding hydrogens is 172 g/mol. The van der Waals surface area contributed by atoms with Crippen molar-refractivity contribution < 1.29 is 0 Å². The molecule has 84 valence electrons. The van der Waals surface area contributed by atoms with E-state index < -0.39 is 0 Å². The van der Waals surface area contributed by atoms with Crippen molar-refractivity contribution in [2.75, 3.05) is 19.6 Å². The smallest absolute Gasteiger partial charge is 0.000600 e. The van der Waals surface area contributed by atoms with Gasteiger partial charge in [-0.05, 0) is 43.8 Å². The zero-order chi connectivity index (χ0) is 10.4. The van der Waals surface area contributed by atoms with E-state index in [1.54, 1.807) is 0 Å². The van der Waals surface area contributed by atoms with Crippen molar-refractivity contribution in [2.24, 2.45) is 23.5 Å². The summed E-state index contributed by atoms with van der Waals surface area (Å²) in [7, 11) is 0. The summed E-state index contributed by atoms with van der Waals surface area (Å²) in [6.45, 7) is 7.61. The van der Waals surface area contributed by atoms with E-state index in [0.29, 0.717) is 11.8 Å². The van der Waals surface area contributed by atoms with E-state index >= 15 is 0 Å². The topological polar surface area (TPSA) is 38.0 Å². The fourth-order valence-electron chi connectivity index (χ4n) is 1.97. The Morgan fingerprint density at radius 2 is 2.07 bits per heavy atom. The highest BCUT2D eigenvalue weighted by Gasteiger charge is 2.16. The third kappa shape index (κ3) is 3.97. The van der Waals surface area contributed by atoms with Crippen LogP contribution in [0.1, 0.15) is 39.5 Å². The lowest BCUT2D eigenvalue weighted by atomic mass is 9.83. The summed E-state index contributed by atoms with van der Waals surface area (Å²) in [4.78, 5) is 0. The third-order valence-corrected chi connectivity index (χ3v) is 3.61. The van der Waals surface area contributed by atoms with Gasteiger partial charge in [0, 0.05) is 0 Å². The van der Waals surface area contributed by atoms with Gasteiger partial charge in [-0.25, -0.2) is 0 Å². The molecule has 0 aromatic rings. The zero-order valence-corrected chi connectivity index (χ0v) is 9.76. The van der Waals surface area contributed by atoms with Crippen molar-refractivity contribution >= 4 is 0 Å². The molecule has 0 bridgehead atoms. The molecule has 0 amide bonds. The van der Waals surface area contributed by atoms with Crippen LogP contribution in [0.2, 0.25) is 0 Å². The second kappa shape index (κ2) is 6.41. The molecule has 2 nitrogen and oxygen atoms in total. The highest BCUT2D eigenvalue weighted by molar-refractivity contribution is 4.71. The normalized spacial score (nSPS) is 19.7. The van der Waals surface area contributed by atoms with Gasteiger partial charge in [-0.2, -0.15) is 0 Å². The summed E-state index contributed by atoms with van der Waals surface area (Å²) < 4.78 is 0. The van der Waals surface area contributed by atoms with Crippen molar-refractivity contribution in [1.29, 1.82) is 0 Å². The molecule has 0 saturated heterocycles. The number of rotatable bonds is 7. The van der Waals surface area contributed by atoms with Crippen LogP contribution in [0, 0.1) is 17.8 Å². The molecule has 1 rings (SSSR count). The minimum Gasteiger partial charge on any atom is -0.330 e. The molecule has 1 fully saturated rings. The highest BCUT2D eigenvalue weighted by Crippen LogP contribution is 2.28. The molecule has 0 aromatic heterocycles. The molecule has 14 heavy (non-hydrogen) atoms.